The molecule has 4 fully saturated rings. The second kappa shape index (κ2) is 20.6. The van der Waals surface area contributed by atoms with Crippen LogP contribution >= 0.6 is 0 Å². The second-order valence-electron chi connectivity index (χ2n) is 19.8. The Balaban J connectivity index is 1.06. The van der Waals surface area contributed by atoms with Gasteiger partial charge in [0.15, 0.2) is 6.29 Å². The molecule has 7 heteroatoms. The van der Waals surface area contributed by atoms with Crippen LogP contribution in [-0.2, 0) is 19.0 Å². The molecular weight excluding hydrogens is 677 g/mol. The Hall–Kier alpha value is -0.990. The van der Waals surface area contributed by atoms with E-state index in [0.29, 0.717) is 17.8 Å². The van der Waals surface area contributed by atoms with Crippen LogP contribution in [0.2, 0.25) is 0 Å². The highest BCUT2D eigenvalue weighted by atomic mass is 16.7. The number of fused-ring (bicyclic) bond motifs is 5. The lowest BCUT2D eigenvalue weighted by molar-refractivity contribution is -0.313. The van der Waals surface area contributed by atoms with E-state index in [2.05, 4.69) is 47.6 Å². The van der Waals surface area contributed by atoms with Gasteiger partial charge in [-0.1, -0.05) is 137 Å². The van der Waals surface area contributed by atoms with Gasteiger partial charge < -0.3 is 29.5 Å². The highest BCUT2D eigenvalue weighted by Crippen LogP contribution is 2.67. The fourth-order valence-electron chi connectivity index (χ4n) is 12.3. The third-order valence-electron chi connectivity index (χ3n) is 15.6. The number of carbonyl (C=O) groups excluding carboxylic acids is 1. The Morgan fingerprint density at radius 3 is 2.19 bits per heavy atom. The minimum absolute atomic E-state index is 0.136. The predicted octanol–water partition coefficient (Wildman–Crippen LogP) is 10.5. The van der Waals surface area contributed by atoms with Crippen LogP contribution in [0.25, 0.3) is 0 Å². The summed E-state index contributed by atoms with van der Waals surface area (Å²) in [5.74, 6) is 4.45. The van der Waals surface area contributed by atoms with E-state index in [0.717, 1.165) is 74.5 Å². The van der Waals surface area contributed by atoms with Crippen LogP contribution in [0.4, 0.5) is 0 Å². The molecule has 0 aromatic heterocycles. The molecule has 0 aromatic rings. The summed E-state index contributed by atoms with van der Waals surface area (Å²) >= 11 is 0. The minimum Gasteiger partial charge on any atom is -0.463 e. The van der Waals surface area contributed by atoms with E-state index in [1.807, 2.05) is 0 Å². The summed E-state index contributed by atoms with van der Waals surface area (Å²) in [5.41, 5.74) is 2.15. The van der Waals surface area contributed by atoms with Crippen molar-refractivity contribution in [3.05, 3.63) is 11.6 Å². The molecule has 0 bridgehead atoms. The largest absolute Gasteiger partial charge is 0.463 e. The molecule has 7 nitrogen and oxygen atoms in total. The molecular formula is C47H82O7. The van der Waals surface area contributed by atoms with Gasteiger partial charge in [0, 0.05) is 6.42 Å². The number of esters is 1. The number of ether oxygens (including phenoxy) is 3. The van der Waals surface area contributed by atoms with E-state index >= 15 is 0 Å². The van der Waals surface area contributed by atoms with E-state index in [1.54, 1.807) is 0 Å². The van der Waals surface area contributed by atoms with Crippen molar-refractivity contribution in [2.75, 3.05) is 6.61 Å². The third-order valence-corrected chi connectivity index (χ3v) is 15.6. The fraction of sp³-hybridized carbons (Fsp3) is 0.936. The predicted molar refractivity (Wildman–Crippen MR) is 217 cm³/mol. The average Bonchev–Trinajstić information content (AvgIpc) is 3.50. The third kappa shape index (κ3) is 10.7. The highest BCUT2D eigenvalue weighted by molar-refractivity contribution is 5.69. The topological polar surface area (TPSA) is 105 Å². The van der Waals surface area contributed by atoms with Gasteiger partial charge >= 0.3 is 5.97 Å². The Labute approximate surface area is 330 Å². The SMILES string of the molecule is CCCCCCCCCCCCCC(=O)OC[C@H]1O[C@H](OC2CC[C@@]3(C)C(=CCC4C3CC[C@@]3(C)C4CC[C@@H]3[C@H](C)CCCC(C)C)C2)[C@@H](O)[C@@H](O)[C@H]1O. The second-order valence-corrected chi connectivity index (χ2v) is 19.8. The van der Waals surface area contributed by atoms with Crippen LogP contribution < -0.4 is 0 Å². The first kappa shape index (κ1) is 44.1. The summed E-state index contributed by atoms with van der Waals surface area (Å²) < 4.78 is 18.0. The molecule has 5 aliphatic rings. The van der Waals surface area contributed by atoms with Crippen molar-refractivity contribution in [2.24, 2.45) is 46.3 Å². The molecule has 3 saturated carbocycles. The summed E-state index contributed by atoms with van der Waals surface area (Å²) in [6.07, 6.45) is 23.4. The number of carbonyl (C=O) groups is 1. The van der Waals surface area contributed by atoms with E-state index in [1.165, 1.54) is 102 Å². The van der Waals surface area contributed by atoms with E-state index < -0.39 is 30.7 Å². The molecule has 13 atom stereocenters. The molecule has 54 heavy (non-hydrogen) atoms. The molecule has 1 heterocycles. The van der Waals surface area contributed by atoms with Crippen molar-refractivity contribution in [1.29, 1.82) is 0 Å². The van der Waals surface area contributed by atoms with Crippen LogP contribution in [0.5, 0.6) is 0 Å². The lowest BCUT2D eigenvalue weighted by Crippen LogP contribution is -2.60. The maximum atomic E-state index is 12.5. The van der Waals surface area contributed by atoms with Gasteiger partial charge in [0.25, 0.3) is 0 Å². The first-order valence-corrected chi connectivity index (χ1v) is 23.1. The van der Waals surface area contributed by atoms with E-state index in [-0.39, 0.29) is 24.1 Å². The molecule has 4 unspecified atom stereocenters. The molecule has 1 aliphatic heterocycles. The van der Waals surface area contributed by atoms with Crippen molar-refractivity contribution in [2.45, 2.75) is 226 Å². The molecule has 0 spiro atoms. The van der Waals surface area contributed by atoms with E-state index in [9.17, 15) is 20.1 Å². The van der Waals surface area contributed by atoms with E-state index in [4.69, 9.17) is 14.2 Å². The smallest absolute Gasteiger partial charge is 0.305 e. The van der Waals surface area contributed by atoms with Crippen molar-refractivity contribution in [3.8, 4) is 0 Å². The number of hydrogen-bond donors (Lipinski definition) is 3. The van der Waals surface area contributed by atoms with Gasteiger partial charge in [-0.05, 0) is 104 Å². The standard InChI is InChI=1S/C47H82O7/c1-7-8-9-10-11-12-13-14-15-16-17-21-41(48)52-31-40-42(49)43(50)44(51)45(54-40)53-35-26-28-46(5)34(30-35)22-23-36-38-25-24-37(33(4)20-18-19-32(2)3)47(38,6)29-27-39(36)46/h22,32-33,35-40,42-45,49-51H,7-21,23-31H2,1-6H3/t33-,35?,36?,37-,38?,39?,40-,42+,43+,44+,45+,46+,47-/m1/s1. The van der Waals surface area contributed by atoms with Crippen molar-refractivity contribution >= 4 is 5.97 Å². The van der Waals surface area contributed by atoms with Gasteiger partial charge in [0.1, 0.15) is 31.0 Å². The molecule has 0 radical (unpaired) electrons. The number of aliphatic hydroxyl groups excluding tert-OH is 3. The summed E-state index contributed by atoms with van der Waals surface area (Å²) in [6, 6.07) is 0. The molecule has 312 valence electrons. The number of aliphatic hydroxyl groups is 3. The van der Waals surface area contributed by atoms with Gasteiger partial charge in [-0.3, -0.25) is 4.79 Å². The normalized spacial score (nSPS) is 38.4. The van der Waals surface area contributed by atoms with Crippen molar-refractivity contribution in [3.63, 3.8) is 0 Å². The molecule has 3 N–H and O–H groups in total. The first-order chi connectivity index (χ1) is 25.9. The lowest BCUT2D eigenvalue weighted by Gasteiger charge is -2.58. The van der Waals surface area contributed by atoms with Gasteiger partial charge in [-0.15, -0.1) is 0 Å². The van der Waals surface area contributed by atoms with Gasteiger partial charge in [-0.25, -0.2) is 0 Å². The summed E-state index contributed by atoms with van der Waals surface area (Å²) in [6.45, 7) is 14.5. The van der Waals surface area contributed by atoms with Crippen LogP contribution in [0, 0.1) is 46.3 Å². The fourth-order valence-corrected chi connectivity index (χ4v) is 12.3. The zero-order valence-electron chi connectivity index (χ0n) is 35.5. The Kier molecular flexibility index (Phi) is 16.8. The van der Waals surface area contributed by atoms with Crippen molar-refractivity contribution in [1.82, 2.24) is 0 Å². The Morgan fingerprint density at radius 2 is 1.50 bits per heavy atom. The van der Waals surface area contributed by atoms with Crippen LogP contribution in [-0.4, -0.2) is 64.7 Å². The van der Waals surface area contributed by atoms with Gasteiger partial charge in [0.05, 0.1) is 6.10 Å². The van der Waals surface area contributed by atoms with Gasteiger partial charge in [-0.2, -0.15) is 0 Å². The minimum atomic E-state index is -1.44. The first-order valence-electron chi connectivity index (χ1n) is 23.1. The number of unbranched alkanes of at least 4 members (excludes halogenated alkanes) is 10. The lowest BCUT2D eigenvalue weighted by atomic mass is 9.47. The zero-order valence-corrected chi connectivity index (χ0v) is 35.5. The summed E-state index contributed by atoms with van der Waals surface area (Å²) in [5, 5.41) is 32.4. The zero-order chi connectivity index (χ0) is 38.9. The molecule has 1 saturated heterocycles. The number of allylic oxidation sites excluding steroid dienone is 1. The quantitative estimate of drug-likeness (QED) is 0.0608. The van der Waals surface area contributed by atoms with Crippen LogP contribution in [0.1, 0.15) is 189 Å². The molecule has 0 aromatic carbocycles. The Bertz CT molecular complexity index is 1170. The van der Waals surface area contributed by atoms with Crippen LogP contribution in [0.15, 0.2) is 11.6 Å². The molecule has 0 amide bonds. The van der Waals surface area contributed by atoms with Crippen molar-refractivity contribution < 1.29 is 34.3 Å². The van der Waals surface area contributed by atoms with Gasteiger partial charge in [0.2, 0.25) is 0 Å². The Morgan fingerprint density at radius 1 is 0.815 bits per heavy atom. The molecule has 4 aliphatic carbocycles. The molecule has 5 rings (SSSR count). The number of hydrogen-bond acceptors (Lipinski definition) is 7. The maximum absolute atomic E-state index is 12.5. The maximum Gasteiger partial charge on any atom is 0.305 e. The summed E-state index contributed by atoms with van der Waals surface area (Å²) in [4.78, 5) is 12.5. The average molecular weight is 759 g/mol. The summed E-state index contributed by atoms with van der Waals surface area (Å²) in [7, 11) is 0. The van der Waals surface area contributed by atoms with Crippen LogP contribution in [0.3, 0.4) is 0 Å². The highest BCUT2D eigenvalue weighted by Gasteiger charge is 2.59. The monoisotopic (exact) mass is 759 g/mol. The number of rotatable bonds is 21.